The molecule has 0 spiro atoms. The predicted octanol–water partition coefficient (Wildman–Crippen LogP) is -2.74. The zero-order valence-electron chi connectivity index (χ0n) is 5.21. The summed E-state index contributed by atoms with van der Waals surface area (Å²) in [4.78, 5) is 9.76. The zero-order valence-corrected chi connectivity index (χ0v) is 5.21. The fraction of sp³-hybridized carbons (Fsp3) is 0.800. The SMILES string of the molecule is O=CC(O)C(O)C(O)[13CH2]O. The Kier molecular flexibility index (Phi) is 4.13. The Bertz CT molecular complexity index is 104. The maximum Gasteiger partial charge on any atom is 0.151 e. The van der Waals surface area contributed by atoms with E-state index >= 15 is 0 Å². The van der Waals surface area contributed by atoms with Crippen LogP contribution in [-0.2, 0) is 4.79 Å². The molecule has 0 aliphatic rings. The second-order valence-corrected chi connectivity index (χ2v) is 1.87. The topological polar surface area (TPSA) is 98.0 Å². The normalized spacial score (nSPS) is 19.6. The zero-order chi connectivity index (χ0) is 8.15. The van der Waals surface area contributed by atoms with Crippen LogP contribution in [0.4, 0.5) is 0 Å². The van der Waals surface area contributed by atoms with Crippen molar-refractivity contribution < 1.29 is 25.2 Å². The van der Waals surface area contributed by atoms with Gasteiger partial charge in [0.25, 0.3) is 0 Å². The van der Waals surface area contributed by atoms with Gasteiger partial charge < -0.3 is 25.2 Å². The Morgan fingerprint density at radius 1 is 1.30 bits per heavy atom. The van der Waals surface area contributed by atoms with Crippen LogP contribution in [0.25, 0.3) is 0 Å². The number of hydrogen-bond acceptors (Lipinski definition) is 5. The average molecular weight is 151 g/mol. The molecule has 10 heavy (non-hydrogen) atoms. The number of aldehydes is 1. The van der Waals surface area contributed by atoms with Gasteiger partial charge in [0, 0.05) is 0 Å². The molecule has 0 amide bonds. The van der Waals surface area contributed by atoms with Crippen LogP contribution >= 0.6 is 0 Å². The molecule has 0 bridgehead atoms. The van der Waals surface area contributed by atoms with Gasteiger partial charge in [0.1, 0.15) is 18.3 Å². The molecule has 0 radical (unpaired) electrons. The Labute approximate surface area is 57.5 Å². The molecule has 60 valence electrons. The highest BCUT2D eigenvalue weighted by Crippen LogP contribution is 1.96. The standard InChI is InChI=1S/C5H10O5/c6-1-3(8)5(10)4(9)2-7/h1,3-5,7-10H,2H2/i2+1. The van der Waals surface area contributed by atoms with E-state index in [9.17, 15) is 4.79 Å². The third kappa shape index (κ3) is 2.40. The Balaban J connectivity index is 3.80. The van der Waals surface area contributed by atoms with Crippen molar-refractivity contribution >= 4 is 6.29 Å². The summed E-state index contributed by atoms with van der Waals surface area (Å²) in [6.45, 7) is -0.688. The van der Waals surface area contributed by atoms with Crippen molar-refractivity contribution in [3.05, 3.63) is 0 Å². The van der Waals surface area contributed by atoms with E-state index < -0.39 is 24.9 Å². The van der Waals surface area contributed by atoms with Gasteiger partial charge in [-0.2, -0.15) is 0 Å². The molecule has 0 aliphatic carbocycles. The van der Waals surface area contributed by atoms with Crippen LogP contribution in [0.5, 0.6) is 0 Å². The molecule has 5 nitrogen and oxygen atoms in total. The van der Waals surface area contributed by atoms with E-state index in [1.807, 2.05) is 0 Å². The van der Waals surface area contributed by atoms with Gasteiger partial charge in [0.15, 0.2) is 6.29 Å². The van der Waals surface area contributed by atoms with Gasteiger partial charge in [-0.3, -0.25) is 0 Å². The molecule has 0 aliphatic heterocycles. The van der Waals surface area contributed by atoms with Crippen LogP contribution in [0.15, 0.2) is 0 Å². The summed E-state index contributed by atoms with van der Waals surface area (Å²) in [6, 6.07) is 0. The van der Waals surface area contributed by atoms with Gasteiger partial charge >= 0.3 is 0 Å². The Morgan fingerprint density at radius 3 is 2.10 bits per heavy atom. The van der Waals surface area contributed by atoms with Crippen LogP contribution in [0.1, 0.15) is 0 Å². The molecule has 0 heterocycles. The smallest absolute Gasteiger partial charge is 0.151 e. The summed E-state index contributed by atoms with van der Waals surface area (Å²) in [6.07, 6.45) is -4.63. The minimum atomic E-state index is -1.64. The number of hydrogen-bond donors (Lipinski definition) is 4. The minimum Gasteiger partial charge on any atom is -0.394 e. The van der Waals surface area contributed by atoms with Gasteiger partial charge in [-0.15, -0.1) is 0 Å². The van der Waals surface area contributed by atoms with Crippen molar-refractivity contribution in [2.45, 2.75) is 18.3 Å². The number of carbonyl (C=O) groups is 1. The number of rotatable bonds is 4. The first-order valence-corrected chi connectivity index (χ1v) is 2.73. The highest BCUT2D eigenvalue weighted by Gasteiger charge is 2.22. The van der Waals surface area contributed by atoms with Gasteiger partial charge in [-0.25, -0.2) is 0 Å². The highest BCUT2D eigenvalue weighted by atomic mass is 16.4. The number of aliphatic hydroxyl groups is 4. The molecule has 0 rings (SSSR count). The minimum absolute atomic E-state index is 0.0869. The molecule has 4 N–H and O–H groups in total. The van der Waals surface area contributed by atoms with Crippen molar-refractivity contribution in [3.63, 3.8) is 0 Å². The van der Waals surface area contributed by atoms with E-state index in [4.69, 9.17) is 20.4 Å². The summed E-state index contributed by atoms with van der Waals surface area (Å²) in [5, 5.41) is 34.1. The molecular weight excluding hydrogens is 141 g/mol. The maximum absolute atomic E-state index is 9.76. The van der Waals surface area contributed by atoms with E-state index in [2.05, 4.69) is 0 Å². The van der Waals surface area contributed by atoms with Gasteiger partial charge in [0.05, 0.1) is 6.61 Å². The number of aliphatic hydroxyl groups excluding tert-OH is 4. The first kappa shape index (κ1) is 9.51. The molecule has 0 aromatic rings. The largest absolute Gasteiger partial charge is 0.394 e. The van der Waals surface area contributed by atoms with E-state index in [1.165, 1.54) is 0 Å². The predicted molar refractivity (Wildman–Crippen MR) is 31.2 cm³/mol. The van der Waals surface area contributed by atoms with Gasteiger partial charge in [0.2, 0.25) is 0 Å². The lowest BCUT2D eigenvalue weighted by Crippen LogP contribution is -2.40. The van der Waals surface area contributed by atoms with Gasteiger partial charge in [-0.05, 0) is 0 Å². The third-order valence-electron chi connectivity index (χ3n) is 1.07. The quantitative estimate of drug-likeness (QED) is 0.258. The van der Waals surface area contributed by atoms with E-state index in [0.29, 0.717) is 0 Å². The fourth-order valence-electron chi connectivity index (χ4n) is 0.416. The van der Waals surface area contributed by atoms with E-state index in [0.717, 1.165) is 0 Å². The highest BCUT2D eigenvalue weighted by molar-refractivity contribution is 5.56. The Morgan fingerprint density at radius 2 is 1.80 bits per heavy atom. The second-order valence-electron chi connectivity index (χ2n) is 1.87. The Hall–Kier alpha value is -0.490. The molecule has 0 aromatic carbocycles. The van der Waals surface area contributed by atoms with Gasteiger partial charge in [-0.1, -0.05) is 0 Å². The van der Waals surface area contributed by atoms with E-state index in [-0.39, 0.29) is 6.29 Å². The lowest BCUT2D eigenvalue weighted by atomic mass is 10.2. The average Bonchev–Trinajstić information content (AvgIpc) is 2.00. The van der Waals surface area contributed by atoms with Crippen LogP contribution in [-0.4, -0.2) is 51.6 Å². The molecule has 3 atom stereocenters. The first-order valence-electron chi connectivity index (χ1n) is 2.73. The van der Waals surface area contributed by atoms with Crippen molar-refractivity contribution in [1.29, 1.82) is 0 Å². The summed E-state index contributed by atoms with van der Waals surface area (Å²) < 4.78 is 0. The third-order valence-corrected chi connectivity index (χ3v) is 1.07. The van der Waals surface area contributed by atoms with Crippen molar-refractivity contribution in [2.24, 2.45) is 0 Å². The molecule has 0 saturated carbocycles. The van der Waals surface area contributed by atoms with Crippen LogP contribution in [0, 0.1) is 0 Å². The lowest BCUT2D eigenvalue weighted by Gasteiger charge is -2.16. The fourth-order valence-corrected chi connectivity index (χ4v) is 0.416. The molecular formula is C5H10O5. The van der Waals surface area contributed by atoms with Crippen LogP contribution in [0.2, 0.25) is 0 Å². The van der Waals surface area contributed by atoms with Crippen molar-refractivity contribution in [1.82, 2.24) is 0 Å². The van der Waals surface area contributed by atoms with Crippen molar-refractivity contribution in [3.8, 4) is 0 Å². The molecule has 5 heteroatoms. The van der Waals surface area contributed by atoms with Crippen LogP contribution in [0.3, 0.4) is 0 Å². The monoisotopic (exact) mass is 151 g/mol. The summed E-state index contributed by atoms with van der Waals surface area (Å²) >= 11 is 0. The lowest BCUT2D eigenvalue weighted by molar-refractivity contribution is -0.127. The summed E-state index contributed by atoms with van der Waals surface area (Å²) in [5.41, 5.74) is 0. The second kappa shape index (κ2) is 4.35. The van der Waals surface area contributed by atoms with Crippen molar-refractivity contribution in [2.75, 3.05) is 6.61 Å². The summed E-state index contributed by atoms with van der Waals surface area (Å²) in [5.74, 6) is 0. The summed E-state index contributed by atoms with van der Waals surface area (Å²) in [7, 11) is 0. The molecule has 0 aromatic heterocycles. The van der Waals surface area contributed by atoms with Crippen LogP contribution < -0.4 is 0 Å². The first-order chi connectivity index (χ1) is 4.63. The maximum atomic E-state index is 9.76. The van der Waals surface area contributed by atoms with E-state index in [1.54, 1.807) is 0 Å². The molecule has 0 fully saturated rings. The molecule has 0 saturated heterocycles. The molecule has 3 unspecified atom stereocenters. The number of carbonyl (C=O) groups excluding carboxylic acids is 1.